The largest absolute Gasteiger partial charge is 0.475 e. The van der Waals surface area contributed by atoms with Gasteiger partial charge in [-0.25, -0.2) is 4.98 Å². The molecule has 1 aliphatic rings. The summed E-state index contributed by atoms with van der Waals surface area (Å²) in [5.41, 5.74) is -0.0989. The van der Waals surface area contributed by atoms with E-state index >= 15 is 0 Å². The minimum absolute atomic E-state index is 0.0989. The van der Waals surface area contributed by atoms with Crippen LogP contribution < -0.4 is 10.1 Å². The van der Waals surface area contributed by atoms with Gasteiger partial charge in [0.15, 0.2) is 0 Å². The third-order valence-electron chi connectivity index (χ3n) is 2.91. The maximum Gasteiger partial charge on any atom is 0.226 e. The average molecular weight is 251 g/mol. The molecule has 0 radical (unpaired) electrons. The predicted molar refractivity (Wildman–Crippen MR) is 69.9 cm³/mol. The number of rotatable bonds is 5. The molecule has 5 nitrogen and oxygen atoms in total. The fourth-order valence-corrected chi connectivity index (χ4v) is 1.98. The Morgan fingerprint density at radius 3 is 3.06 bits per heavy atom. The van der Waals surface area contributed by atoms with E-state index in [0.29, 0.717) is 11.8 Å². The smallest absolute Gasteiger partial charge is 0.226 e. The van der Waals surface area contributed by atoms with Gasteiger partial charge in [-0.3, -0.25) is 0 Å². The second kappa shape index (κ2) is 5.52. The molecule has 0 amide bonds. The molecule has 1 unspecified atom stereocenters. The van der Waals surface area contributed by atoms with E-state index in [1.807, 2.05) is 13.8 Å². The predicted octanol–water partition coefficient (Wildman–Crippen LogP) is 2.24. The van der Waals surface area contributed by atoms with E-state index in [1.54, 1.807) is 12.3 Å². The molecule has 18 heavy (non-hydrogen) atoms. The molecule has 1 aliphatic heterocycles. The lowest BCUT2D eigenvalue weighted by Crippen LogP contribution is -2.33. The molecule has 0 spiro atoms. The molecule has 2 heterocycles. The highest BCUT2D eigenvalue weighted by molar-refractivity contribution is 5.28. The lowest BCUT2D eigenvalue weighted by atomic mass is 10.0. The summed E-state index contributed by atoms with van der Waals surface area (Å²) in [5, 5.41) is 3.21. The fourth-order valence-electron chi connectivity index (χ4n) is 1.98. The molecule has 0 aliphatic carbocycles. The number of ether oxygens (including phenoxy) is 2. The van der Waals surface area contributed by atoms with Gasteiger partial charge in [0.05, 0.1) is 11.7 Å². The topological polar surface area (TPSA) is 56.3 Å². The Morgan fingerprint density at radius 2 is 2.39 bits per heavy atom. The van der Waals surface area contributed by atoms with Crippen LogP contribution in [0.4, 0.5) is 5.95 Å². The average Bonchev–Trinajstić information content (AvgIpc) is 2.74. The second-order valence-electron chi connectivity index (χ2n) is 5.14. The SMILES string of the molecule is CC(C)Oc1ccnc(NCC2(C)CCCO2)n1. The highest BCUT2D eigenvalue weighted by Crippen LogP contribution is 2.25. The standard InChI is InChI=1S/C13H21N3O2/c1-10(2)18-11-5-7-14-12(16-11)15-9-13(3)6-4-8-17-13/h5,7,10H,4,6,8-9H2,1-3H3,(H,14,15,16). The zero-order chi connectivity index (χ0) is 13.0. The monoisotopic (exact) mass is 251 g/mol. The molecule has 1 saturated heterocycles. The van der Waals surface area contributed by atoms with Gasteiger partial charge in [0.25, 0.3) is 0 Å². The first-order chi connectivity index (χ1) is 8.57. The van der Waals surface area contributed by atoms with Gasteiger partial charge in [0, 0.05) is 25.4 Å². The number of aromatic nitrogens is 2. The highest BCUT2D eigenvalue weighted by Gasteiger charge is 2.29. The summed E-state index contributed by atoms with van der Waals surface area (Å²) in [4.78, 5) is 8.49. The van der Waals surface area contributed by atoms with Crippen molar-refractivity contribution in [3.05, 3.63) is 12.3 Å². The number of hydrogen-bond donors (Lipinski definition) is 1. The van der Waals surface area contributed by atoms with Gasteiger partial charge in [-0.1, -0.05) is 0 Å². The van der Waals surface area contributed by atoms with Gasteiger partial charge in [-0.05, 0) is 33.6 Å². The summed E-state index contributed by atoms with van der Waals surface area (Å²) in [6.45, 7) is 7.63. The van der Waals surface area contributed by atoms with E-state index < -0.39 is 0 Å². The molecule has 2 rings (SSSR count). The van der Waals surface area contributed by atoms with Gasteiger partial charge in [-0.15, -0.1) is 0 Å². The van der Waals surface area contributed by atoms with Crippen molar-refractivity contribution in [3.8, 4) is 5.88 Å². The third kappa shape index (κ3) is 3.57. The summed E-state index contributed by atoms with van der Waals surface area (Å²) < 4.78 is 11.2. The molecule has 1 atom stereocenters. The Labute approximate surface area is 108 Å². The summed E-state index contributed by atoms with van der Waals surface area (Å²) in [7, 11) is 0. The van der Waals surface area contributed by atoms with Crippen molar-refractivity contribution >= 4 is 5.95 Å². The van der Waals surface area contributed by atoms with Crippen molar-refractivity contribution in [3.63, 3.8) is 0 Å². The maximum absolute atomic E-state index is 5.71. The van der Waals surface area contributed by atoms with Crippen molar-refractivity contribution in [2.24, 2.45) is 0 Å². The summed E-state index contributed by atoms with van der Waals surface area (Å²) in [5.74, 6) is 1.19. The Bertz CT molecular complexity index is 390. The van der Waals surface area contributed by atoms with Gasteiger partial charge in [0.2, 0.25) is 11.8 Å². The molecule has 1 N–H and O–H groups in total. The van der Waals surface area contributed by atoms with Crippen LogP contribution >= 0.6 is 0 Å². The summed E-state index contributed by atoms with van der Waals surface area (Å²) in [6.07, 6.45) is 4.01. The molecule has 1 aromatic rings. The molecule has 5 heteroatoms. The van der Waals surface area contributed by atoms with Crippen LogP contribution in [-0.2, 0) is 4.74 Å². The van der Waals surface area contributed by atoms with Crippen molar-refractivity contribution in [1.82, 2.24) is 9.97 Å². The molecule has 1 aromatic heterocycles. The van der Waals surface area contributed by atoms with Crippen LogP contribution in [0.3, 0.4) is 0 Å². The van der Waals surface area contributed by atoms with Crippen molar-refractivity contribution in [1.29, 1.82) is 0 Å². The van der Waals surface area contributed by atoms with Crippen LogP contribution in [0.15, 0.2) is 12.3 Å². The van der Waals surface area contributed by atoms with Crippen LogP contribution in [-0.4, -0.2) is 34.8 Å². The minimum Gasteiger partial charge on any atom is -0.475 e. The molecule has 0 aromatic carbocycles. The molecular formula is C13H21N3O2. The highest BCUT2D eigenvalue weighted by atomic mass is 16.5. The van der Waals surface area contributed by atoms with Gasteiger partial charge in [0.1, 0.15) is 0 Å². The lowest BCUT2D eigenvalue weighted by molar-refractivity contribution is 0.0314. The van der Waals surface area contributed by atoms with Gasteiger partial charge >= 0.3 is 0 Å². The van der Waals surface area contributed by atoms with Gasteiger partial charge < -0.3 is 14.8 Å². The molecule has 1 fully saturated rings. The van der Waals surface area contributed by atoms with Crippen LogP contribution in [0.25, 0.3) is 0 Å². The summed E-state index contributed by atoms with van der Waals surface area (Å²) >= 11 is 0. The lowest BCUT2D eigenvalue weighted by Gasteiger charge is -2.23. The van der Waals surface area contributed by atoms with E-state index in [4.69, 9.17) is 9.47 Å². The Hall–Kier alpha value is -1.36. The fraction of sp³-hybridized carbons (Fsp3) is 0.692. The number of nitrogens with zero attached hydrogens (tertiary/aromatic N) is 2. The van der Waals surface area contributed by atoms with Crippen molar-refractivity contribution < 1.29 is 9.47 Å². The Balaban J connectivity index is 1.92. The van der Waals surface area contributed by atoms with Crippen molar-refractivity contribution in [2.75, 3.05) is 18.5 Å². The number of nitrogens with one attached hydrogen (secondary N) is 1. The van der Waals surface area contributed by atoms with Crippen LogP contribution in [0.1, 0.15) is 33.6 Å². The van der Waals surface area contributed by atoms with E-state index in [1.165, 1.54) is 0 Å². The maximum atomic E-state index is 5.71. The summed E-state index contributed by atoms with van der Waals surface area (Å²) in [6, 6.07) is 1.76. The van der Waals surface area contributed by atoms with Crippen molar-refractivity contribution in [2.45, 2.75) is 45.3 Å². The Morgan fingerprint density at radius 1 is 1.56 bits per heavy atom. The first-order valence-corrected chi connectivity index (χ1v) is 6.45. The normalized spacial score (nSPS) is 23.3. The van der Waals surface area contributed by atoms with E-state index in [-0.39, 0.29) is 11.7 Å². The first kappa shape index (κ1) is 13.1. The third-order valence-corrected chi connectivity index (χ3v) is 2.91. The van der Waals surface area contributed by atoms with E-state index in [2.05, 4.69) is 22.2 Å². The zero-order valence-electron chi connectivity index (χ0n) is 11.3. The van der Waals surface area contributed by atoms with E-state index in [9.17, 15) is 0 Å². The number of anilines is 1. The molecule has 100 valence electrons. The zero-order valence-corrected chi connectivity index (χ0v) is 11.3. The first-order valence-electron chi connectivity index (χ1n) is 6.45. The van der Waals surface area contributed by atoms with E-state index in [0.717, 1.165) is 26.0 Å². The Kier molecular flexibility index (Phi) is 4.01. The quantitative estimate of drug-likeness (QED) is 0.869. The van der Waals surface area contributed by atoms with Crippen LogP contribution in [0.2, 0.25) is 0 Å². The van der Waals surface area contributed by atoms with Crippen LogP contribution in [0.5, 0.6) is 5.88 Å². The molecule has 0 saturated carbocycles. The van der Waals surface area contributed by atoms with Gasteiger partial charge in [-0.2, -0.15) is 4.98 Å². The molecular weight excluding hydrogens is 230 g/mol. The second-order valence-corrected chi connectivity index (χ2v) is 5.14. The van der Waals surface area contributed by atoms with Crippen LogP contribution in [0, 0.1) is 0 Å². The number of hydrogen-bond acceptors (Lipinski definition) is 5. The minimum atomic E-state index is -0.0989. The molecule has 0 bridgehead atoms.